The Morgan fingerprint density at radius 1 is 1.04 bits per heavy atom. The van der Waals surface area contributed by atoms with Crippen LogP contribution in [0.15, 0.2) is 0 Å². The zero-order chi connectivity index (χ0) is 18.1. The Bertz CT molecular complexity index is 450. The molecule has 0 aromatic heterocycles. The van der Waals surface area contributed by atoms with E-state index in [1.807, 2.05) is 25.7 Å². The van der Waals surface area contributed by atoms with E-state index < -0.39 is 11.2 Å². The molecule has 144 valence electrons. The number of nitrogens with zero attached hydrogens (tertiary/aromatic N) is 1. The summed E-state index contributed by atoms with van der Waals surface area (Å²) in [5, 5.41) is 11.3. The number of carbonyl (C=O) groups is 1. The van der Waals surface area contributed by atoms with Crippen LogP contribution < -0.4 is 0 Å². The van der Waals surface area contributed by atoms with Gasteiger partial charge in [0.25, 0.3) is 0 Å². The minimum absolute atomic E-state index is 0.152. The molecule has 2 atom stereocenters. The van der Waals surface area contributed by atoms with Crippen LogP contribution in [-0.2, 0) is 4.74 Å². The van der Waals surface area contributed by atoms with Gasteiger partial charge in [-0.15, -0.1) is 0 Å². The summed E-state index contributed by atoms with van der Waals surface area (Å²) in [6, 6.07) is 0.303. The van der Waals surface area contributed by atoms with Crippen molar-refractivity contribution in [1.82, 2.24) is 4.90 Å². The third kappa shape index (κ3) is 4.90. The van der Waals surface area contributed by atoms with Crippen molar-refractivity contribution in [3.8, 4) is 0 Å². The maximum Gasteiger partial charge on any atom is 0.410 e. The summed E-state index contributed by atoms with van der Waals surface area (Å²) in [4.78, 5) is 14.6. The molecule has 1 amide bonds. The number of ether oxygens (including phenoxy) is 1. The van der Waals surface area contributed by atoms with Crippen LogP contribution in [0.3, 0.4) is 0 Å². The lowest BCUT2D eigenvalue weighted by Gasteiger charge is -2.52. The lowest BCUT2D eigenvalue weighted by atomic mass is 9.72. The van der Waals surface area contributed by atoms with Gasteiger partial charge in [0.2, 0.25) is 0 Å². The SMILES string of the molecule is CC(C)(C)OC(=O)N1C2CCCC1CC(O)(CCC1CCCCC1)C2. The van der Waals surface area contributed by atoms with E-state index in [-0.39, 0.29) is 18.2 Å². The third-order valence-electron chi connectivity index (χ3n) is 6.44. The maximum absolute atomic E-state index is 12.7. The fraction of sp³-hybridized carbons (Fsp3) is 0.952. The number of aliphatic hydroxyl groups is 1. The van der Waals surface area contributed by atoms with Gasteiger partial charge in [-0.1, -0.05) is 32.1 Å². The molecule has 2 aliphatic heterocycles. The second-order valence-electron chi connectivity index (χ2n) is 9.80. The minimum atomic E-state index is -0.578. The first-order chi connectivity index (χ1) is 11.8. The van der Waals surface area contributed by atoms with Crippen LogP contribution in [0.25, 0.3) is 0 Å². The van der Waals surface area contributed by atoms with E-state index in [0.29, 0.717) is 0 Å². The van der Waals surface area contributed by atoms with E-state index in [1.54, 1.807) is 0 Å². The van der Waals surface area contributed by atoms with Crippen molar-refractivity contribution in [2.45, 2.75) is 121 Å². The predicted molar refractivity (Wildman–Crippen MR) is 99.5 cm³/mol. The minimum Gasteiger partial charge on any atom is -0.444 e. The molecule has 1 N–H and O–H groups in total. The standard InChI is InChI=1S/C21H37NO3/c1-20(2,3)25-19(23)22-17-10-7-11-18(22)15-21(24,14-17)13-12-16-8-5-4-6-9-16/h16-18,24H,4-15H2,1-3H3. The summed E-state index contributed by atoms with van der Waals surface area (Å²) < 4.78 is 5.64. The maximum atomic E-state index is 12.7. The lowest BCUT2D eigenvalue weighted by Crippen LogP contribution is -2.60. The van der Waals surface area contributed by atoms with Crippen molar-refractivity contribution in [2.24, 2.45) is 5.92 Å². The summed E-state index contributed by atoms with van der Waals surface area (Å²) in [7, 11) is 0. The Morgan fingerprint density at radius 2 is 1.64 bits per heavy atom. The Balaban J connectivity index is 1.60. The molecule has 4 heteroatoms. The molecule has 0 aromatic rings. The Hall–Kier alpha value is -0.770. The van der Waals surface area contributed by atoms with Gasteiger partial charge in [-0.05, 0) is 71.6 Å². The number of hydrogen-bond acceptors (Lipinski definition) is 3. The highest BCUT2D eigenvalue weighted by Crippen LogP contribution is 2.43. The Kier molecular flexibility index (Phi) is 5.67. The number of amides is 1. The molecule has 2 unspecified atom stereocenters. The van der Waals surface area contributed by atoms with Crippen molar-refractivity contribution in [2.75, 3.05) is 0 Å². The predicted octanol–water partition coefficient (Wildman–Crippen LogP) is 5.03. The summed E-state index contributed by atoms with van der Waals surface area (Å²) in [6.07, 6.45) is 13.3. The van der Waals surface area contributed by atoms with Crippen LogP contribution in [0.2, 0.25) is 0 Å². The topological polar surface area (TPSA) is 49.8 Å². The third-order valence-corrected chi connectivity index (χ3v) is 6.44. The molecule has 3 rings (SSSR count). The molecule has 1 saturated carbocycles. The van der Waals surface area contributed by atoms with Gasteiger partial charge in [-0.25, -0.2) is 4.79 Å². The molecular weight excluding hydrogens is 314 g/mol. The van der Waals surface area contributed by atoms with Crippen molar-refractivity contribution >= 4 is 6.09 Å². The van der Waals surface area contributed by atoms with Crippen molar-refractivity contribution in [3.05, 3.63) is 0 Å². The van der Waals surface area contributed by atoms with Gasteiger partial charge >= 0.3 is 6.09 Å². The van der Waals surface area contributed by atoms with E-state index in [2.05, 4.69) is 0 Å². The molecule has 3 fully saturated rings. The van der Waals surface area contributed by atoms with Gasteiger partial charge in [0.15, 0.2) is 0 Å². The summed E-state index contributed by atoms with van der Waals surface area (Å²) in [6.45, 7) is 5.77. The van der Waals surface area contributed by atoms with E-state index >= 15 is 0 Å². The molecule has 2 saturated heterocycles. The van der Waals surface area contributed by atoms with Crippen molar-refractivity contribution in [3.63, 3.8) is 0 Å². The number of piperidine rings is 2. The molecule has 0 spiro atoms. The zero-order valence-electron chi connectivity index (χ0n) is 16.4. The zero-order valence-corrected chi connectivity index (χ0v) is 16.4. The monoisotopic (exact) mass is 351 g/mol. The van der Waals surface area contributed by atoms with Crippen LogP contribution in [0.5, 0.6) is 0 Å². The largest absolute Gasteiger partial charge is 0.444 e. The fourth-order valence-corrected chi connectivity index (χ4v) is 5.29. The second kappa shape index (κ2) is 7.46. The molecular formula is C21H37NO3. The van der Waals surface area contributed by atoms with Crippen LogP contribution in [-0.4, -0.2) is 39.4 Å². The molecule has 2 heterocycles. The lowest BCUT2D eigenvalue weighted by molar-refractivity contribution is -0.0980. The first-order valence-electron chi connectivity index (χ1n) is 10.5. The van der Waals surface area contributed by atoms with E-state index in [1.165, 1.54) is 32.1 Å². The van der Waals surface area contributed by atoms with E-state index in [4.69, 9.17) is 4.74 Å². The molecule has 1 aliphatic carbocycles. The average molecular weight is 352 g/mol. The highest BCUT2D eigenvalue weighted by atomic mass is 16.6. The Morgan fingerprint density at radius 3 is 2.20 bits per heavy atom. The van der Waals surface area contributed by atoms with Crippen LogP contribution in [0, 0.1) is 5.92 Å². The normalized spacial score (nSPS) is 34.0. The van der Waals surface area contributed by atoms with Crippen LogP contribution in [0.4, 0.5) is 4.79 Å². The smallest absolute Gasteiger partial charge is 0.410 e. The van der Waals surface area contributed by atoms with Gasteiger partial charge in [0.05, 0.1) is 5.60 Å². The van der Waals surface area contributed by atoms with Crippen LogP contribution in [0.1, 0.15) is 97.8 Å². The molecule has 2 bridgehead atoms. The van der Waals surface area contributed by atoms with E-state index in [0.717, 1.165) is 50.9 Å². The fourth-order valence-electron chi connectivity index (χ4n) is 5.29. The summed E-state index contributed by atoms with van der Waals surface area (Å²) in [5.74, 6) is 0.807. The first kappa shape index (κ1) is 19.0. The summed E-state index contributed by atoms with van der Waals surface area (Å²) >= 11 is 0. The van der Waals surface area contributed by atoms with Gasteiger partial charge in [-0.2, -0.15) is 0 Å². The van der Waals surface area contributed by atoms with Gasteiger partial charge < -0.3 is 14.7 Å². The Labute approximate surface area is 153 Å². The molecule has 4 nitrogen and oxygen atoms in total. The second-order valence-corrected chi connectivity index (χ2v) is 9.80. The van der Waals surface area contributed by atoms with Gasteiger partial charge in [-0.3, -0.25) is 0 Å². The quantitative estimate of drug-likeness (QED) is 0.776. The summed E-state index contributed by atoms with van der Waals surface area (Å²) in [5.41, 5.74) is -1.04. The van der Waals surface area contributed by atoms with Crippen molar-refractivity contribution < 1.29 is 14.6 Å². The molecule has 0 aromatic carbocycles. The molecule has 3 aliphatic rings. The van der Waals surface area contributed by atoms with Gasteiger partial charge in [0, 0.05) is 12.1 Å². The van der Waals surface area contributed by atoms with Gasteiger partial charge in [0.1, 0.15) is 5.60 Å². The number of hydrogen-bond donors (Lipinski definition) is 1. The van der Waals surface area contributed by atoms with E-state index in [9.17, 15) is 9.90 Å². The molecule has 0 radical (unpaired) electrons. The highest BCUT2D eigenvalue weighted by Gasteiger charge is 2.48. The average Bonchev–Trinajstić information content (AvgIpc) is 2.51. The highest BCUT2D eigenvalue weighted by molar-refractivity contribution is 5.69. The first-order valence-corrected chi connectivity index (χ1v) is 10.5. The number of carbonyl (C=O) groups excluding carboxylic acids is 1. The van der Waals surface area contributed by atoms with Crippen LogP contribution >= 0.6 is 0 Å². The number of fused-ring (bicyclic) bond motifs is 2. The van der Waals surface area contributed by atoms with Crippen molar-refractivity contribution in [1.29, 1.82) is 0 Å². The number of rotatable bonds is 3. The molecule has 25 heavy (non-hydrogen) atoms.